The van der Waals surface area contributed by atoms with Crippen molar-refractivity contribution in [2.24, 2.45) is 0 Å². The number of Topliss-reactive ketones (excluding diaryl/α,β-unsaturated/α-hetero) is 1. The van der Waals surface area contributed by atoms with Crippen LogP contribution in [0.3, 0.4) is 0 Å². The van der Waals surface area contributed by atoms with E-state index in [2.05, 4.69) is 26.2 Å². The lowest BCUT2D eigenvalue weighted by Gasteiger charge is -2.05. The van der Waals surface area contributed by atoms with Crippen LogP contribution < -0.4 is 5.32 Å². The van der Waals surface area contributed by atoms with Crippen molar-refractivity contribution in [2.75, 3.05) is 5.32 Å². The van der Waals surface area contributed by atoms with Crippen LogP contribution in [0, 0.1) is 11.6 Å². The van der Waals surface area contributed by atoms with Crippen molar-refractivity contribution in [2.45, 2.75) is 6.92 Å². The summed E-state index contributed by atoms with van der Waals surface area (Å²) in [5.74, 6) is -3.28. The molecule has 1 aromatic heterocycles. The van der Waals surface area contributed by atoms with E-state index in [1.165, 1.54) is 6.92 Å². The van der Waals surface area contributed by atoms with Crippen molar-refractivity contribution in [3.8, 4) is 0 Å². The van der Waals surface area contributed by atoms with Crippen LogP contribution in [0.2, 0.25) is 0 Å². The van der Waals surface area contributed by atoms with Crippen molar-refractivity contribution in [1.82, 2.24) is 4.98 Å². The van der Waals surface area contributed by atoms with E-state index in [9.17, 15) is 18.4 Å². The van der Waals surface area contributed by atoms with E-state index in [-0.39, 0.29) is 20.2 Å². The van der Waals surface area contributed by atoms with Gasteiger partial charge in [0.15, 0.2) is 16.6 Å². The molecule has 0 aliphatic heterocycles. The van der Waals surface area contributed by atoms with Gasteiger partial charge in [-0.05, 0) is 22.0 Å². The van der Waals surface area contributed by atoms with Crippen LogP contribution >= 0.6 is 27.3 Å². The summed E-state index contributed by atoms with van der Waals surface area (Å²) >= 11 is 3.60. The first-order valence-corrected chi connectivity index (χ1v) is 7.07. The molecule has 0 unspecified atom stereocenters. The standard InChI is InChI=1S/C12H7BrF2N2O3S/c1-4(18)10-9(11(19)20)17-12(21-10)16-8-3-6(14)5(13)2-7(8)15/h2-3H,1H3,(H,16,17)(H,19,20). The number of anilines is 2. The lowest BCUT2D eigenvalue weighted by atomic mass is 10.3. The predicted molar refractivity (Wildman–Crippen MR) is 76.4 cm³/mol. The monoisotopic (exact) mass is 376 g/mol. The Kier molecular flexibility index (Phi) is 4.33. The number of carboxylic acid groups (broad SMARTS) is 1. The summed E-state index contributed by atoms with van der Waals surface area (Å²) in [6, 6.07) is 1.82. The Bertz CT molecular complexity index is 717. The fourth-order valence-corrected chi connectivity index (χ4v) is 2.67. The molecule has 5 nitrogen and oxygen atoms in total. The first kappa shape index (κ1) is 15.5. The lowest BCUT2D eigenvalue weighted by molar-refractivity contribution is 0.0687. The molecule has 2 N–H and O–H groups in total. The van der Waals surface area contributed by atoms with Crippen LogP contribution in [0.5, 0.6) is 0 Å². The molecule has 2 aromatic rings. The summed E-state index contributed by atoms with van der Waals surface area (Å²) in [7, 11) is 0. The smallest absolute Gasteiger partial charge is 0.356 e. The molecule has 9 heteroatoms. The second kappa shape index (κ2) is 5.86. The number of benzene rings is 1. The topological polar surface area (TPSA) is 79.3 Å². The van der Waals surface area contributed by atoms with Gasteiger partial charge in [0.1, 0.15) is 16.5 Å². The maximum atomic E-state index is 13.7. The number of carboxylic acids is 1. The van der Waals surface area contributed by atoms with Crippen LogP contribution in [0.1, 0.15) is 27.1 Å². The van der Waals surface area contributed by atoms with Crippen molar-refractivity contribution in [3.05, 3.63) is 38.8 Å². The third-order valence-corrected chi connectivity index (χ3v) is 4.08. The molecule has 0 aliphatic rings. The van der Waals surface area contributed by atoms with E-state index in [0.29, 0.717) is 0 Å². The zero-order chi connectivity index (χ0) is 15.7. The summed E-state index contributed by atoms with van der Waals surface area (Å²) in [4.78, 5) is 26.0. The molecule has 0 spiro atoms. The lowest BCUT2D eigenvalue weighted by Crippen LogP contribution is -2.03. The van der Waals surface area contributed by atoms with Crippen molar-refractivity contribution in [3.63, 3.8) is 0 Å². The average molecular weight is 377 g/mol. The maximum Gasteiger partial charge on any atom is 0.356 e. The van der Waals surface area contributed by atoms with E-state index < -0.39 is 29.1 Å². The molecule has 1 heterocycles. The van der Waals surface area contributed by atoms with Crippen molar-refractivity contribution in [1.29, 1.82) is 0 Å². The summed E-state index contributed by atoms with van der Waals surface area (Å²) < 4.78 is 27.0. The van der Waals surface area contributed by atoms with Gasteiger partial charge < -0.3 is 10.4 Å². The molecule has 0 saturated carbocycles. The highest BCUT2D eigenvalue weighted by atomic mass is 79.9. The quantitative estimate of drug-likeness (QED) is 0.626. The van der Waals surface area contributed by atoms with Gasteiger partial charge >= 0.3 is 5.97 Å². The number of hydrogen-bond acceptors (Lipinski definition) is 5. The number of thiazole rings is 1. The molecule has 0 radical (unpaired) electrons. The first-order valence-electron chi connectivity index (χ1n) is 5.46. The average Bonchev–Trinajstić information content (AvgIpc) is 2.80. The van der Waals surface area contributed by atoms with Crippen LogP contribution in [0.25, 0.3) is 0 Å². The zero-order valence-corrected chi connectivity index (χ0v) is 12.8. The molecule has 0 atom stereocenters. The first-order chi connectivity index (χ1) is 9.79. The summed E-state index contributed by atoms with van der Waals surface area (Å²) in [5, 5.41) is 11.4. The van der Waals surface area contributed by atoms with E-state index in [0.717, 1.165) is 23.5 Å². The van der Waals surface area contributed by atoms with Gasteiger partial charge in [-0.15, -0.1) is 0 Å². The highest BCUT2D eigenvalue weighted by molar-refractivity contribution is 9.10. The minimum Gasteiger partial charge on any atom is -0.476 e. The molecular weight excluding hydrogens is 370 g/mol. The van der Waals surface area contributed by atoms with Gasteiger partial charge in [0.25, 0.3) is 0 Å². The van der Waals surface area contributed by atoms with E-state index in [1.807, 2.05) is 0 Å². The second-order valence-electron chi connectivity index (χ2n) is 3.93. The third kappa shape index (κ3) is 3.24. The second-order valence-corrected chi connectivity index (χ2v) is 5.78. The van der Waals surface area contributed by atoms with Crippen LogP contribution in [-0.4, -0.2) is 21.8 Å². The number of nitrogens with zero attached hydrogens (tertiary/aromatic N) is 1. The molecule has 2 rings (SSSR count). The number of aromatic carboxylic acids is 1. The molecule has 110 valence electrons. The third-order valence-electron chi connectivity index (χ3n) is 2.40. The Morgan fingerprint density at radius 2 is 2.00 bits per heavy atom. The van der Waals surface area contributed by atoms with E-state index >= 15 is 0 Å². The number of nitrogens with one attached hydrogen (secondary N) is 1. The molecule has 0 bridgehead atoms. The Morgan fingerprint density at radius 1 is 1.33 bits per heavy atom. The van der Waals surface area contributed by atoms with Gasteiger partial charge in [0.05, 0.1) is 10.2 Å². The highest BCUT2D eigenvalue weighted by Crippen LogP contribution is 2.30. The number of hydrogen-bond donors (Lipinski definition) is 2. The molecule has 0 saturated heterocycles. The summed E-state index contributed by atoms with van der Waals surface area (Å²) in [6.45, 7) is 1.20. The van der Waals surface area contributed by atoms with Gasteiger partial charge in [-0.3, -0.25) is 4.79 Å². The molecule has 0 amide bonds. The fraction of sp³-hybridized carbons (Fsp3) is 0.0833. The van der Waals surface area contributed by atoms with Gasteiger partial charge in [-0.25, -0.2) is 18.6 Å². The fourth-order valence-electron chi connectivity index (χ4n) is 1.49. The molecular formula is C12H7BrF2N2O3S. The Labute approximate surface area is 129 Å². The van der Waals surface area contributed by atoms with Crippen LogP contribution in [0.4, 0.5) is 19.6 Å². The zero-order valence-electron chi connectivity index (χ0n) is 10.4. The minimum atomic E-state index is -1.37. The van der Waals surface area contributed by atoms with Crippen LogP contribution in [0.15, 0.2) is 16.6 Å². The largest absolute Gasteiger partial charge is 0.476 e. The number of rotatable bonds is 4. The molecule has 0 aliphatic carbocycles. The normalized spacial score (nSPS) is 10.5. The predicted octanol–water partition coefficient (Wildman–Crippen LogP) is 3.83. The van der Waals surface area contributed by atoms with E-state index in [4.69, 9.17) is 5.11 Å². The number of aromatic nitrogens is 1. The van der Waals surface area contributed by atoms with Gasteiger partial charge in [0.2, 0.25) is 0 Å². The number of halogens is 3. The Balaban J connectivity index is 2.41. The van der Waals surface area contributed by atoms with Gasteiger partial charge in [-0.2, -0.15) is 0 Å². The van der Waals surface area contributed by atoms with E-state index in [1.54, 1.807) is 0 Å². The maximum absolute atomic E-state index is 13.7. The van der Waals surface area contributed by atoms with Gasteiger partial charge in [-0.1, -0.05) is 11.3 Å². The Morgan fingerprint density at radius 3 is 2.52 bits per heavy atom. The molecule has 0 fully saturated rings. The summed E-state index contributed by atoms with van der Waals surface area (Å²) in [5.41, 5.74) is -0.635. The van der Waals surface area contributed by atoms with Crippen molar-refractivity contribution < 1.29 is 23.5 Å². The number of carbonyl (C=O) groups is 2. The molecule has 21 heavy (non-hydrogen) atoms. The van der Waals surface area contributed by atoms with Crippen LogP contribution in [-0.2, 0) is 0 Å². The van der Waals surface area contributed by atoms with Crippen molar-refractivity contribution >= 4 is 49.8 Å². The van der Waals surface area contributed by atoms with Gasteiger partial charge in [0, 0.05) is 13.0 Å². The summed E-state index contributed by atoms with van der Waals surface area (Å²) in [6.07, 6.45) is 0. The highest BCUT2D eigenvalue weighted by Gasteiger charge is 2.21. The molecule has 1 aromatic carbocycles. The minimum absolute atomic E-state index is 0.0155. The Hall–Kier alpha value is -1.87. The number of ketones is 1. The number of carbonyl (C=O) groups excluding carboxylic acids is 1. The SMILES string of the molecule is CC(=O)c1sc(Nc2cc(F)c(Br)cc2F)nc1C(=O)O.